The van der Waals surface area contributed by atoms with Gasteiger partial charge in [-0.3, -0.25) is 9.48 Å². The van der Waals surface area contributed by atoms with Crippen LogP contribution in [0.2, 0.25) is 0 Å². The van der Waals surface area contributed by atoms with Crippen molar-refractivity contribution in [1.29, 1.82) is 0 Å². The molecule has 1 amide bonds. The molecule has 0 bridgehead atoms. The molecule has 1 atom stereocenters. The highest BCUT2D eigenvalue weighted by molar-refractivity contribution is 5.92. The van der Waals surface area contributed by atoms with Crippen LogP contribution in [-0.2, 0) is 6.54 Å². The number of hydrogen-bond donors (Lipinski definition) is 0. The molecule has 1 aliphatic rings. The van der Waals surface area contributed by atoms with Crippen molar-refractivity contribution in [2.45, 2.75) is 25.4 Å². The third kappa shape index (κ3) is 3.17. The van der Waals surface area contributed by atoms with Gasteiger partial charge in [0.1, 0.15) is 5.82 Å². The maximum Gasteiger partial charge on any atom is 0.274 e. The predicted molar refractivity (Wildman–Crippen MR) is 89.8 cm³/mol. The number of hydrogen-bond acceptors (Lipinski definition) is 3. The van der Waals surface area contributed by atoms with Crippen molar-refractivity contribution < 1.29 is 9.18 Å². The maximum atomic E-state index is 13.0. The Labute approximate surface area is 144 Å². The second-order valence-corrected chi connectivity index (χ2v) is 6.14. The summed E-state index contributed by atoms with van der Waals surface area (Å²) in [5.74, 6) is -0.374. The van der Waals surface area contributed by atoms with Gasteiger partial charge in [-0.2, -0.15) is 10.2 Å². The van der Waals surface area contributed by atoms with Crippen LogP contribution in [0.15, 0.2) is 55.0 Å². The molecule has 1 fully saturated rings. The Hall–Kier alpha value is -2.96. The first-order valence-corrected chi connectivity index (χ1v) is 8.31. The maximum absolute atomic E-state index is 13.0. The Morgan fingerprint density at radius 1 is 1.20 bits per heavy atom. The fraction of sp³-hybridized carbons (Fsp3) is 0.278. The zero-order valence-electron chi connectivity index (χ0n) is 13.6. The molecule has 3 aromatic rings. The van der Waals surface area contributed by atoms with E-state index in [0.717, 1.165) is 25.1 Å². The van der Waals surface area contributed by atoms with Gasteiger partial charge in [-0.25, -0.2) is 9.07 Å². The molecule has 1 aliphatic heterocycles. The van der Waals surface area contributed by atoms with Gasteiger partial charge >= 0.3 is 0 Å². The third-order valence-electron chi connectivity index (χ3n) is 4.49. The minimum atomic E-state index is -0.300. The van der Waals surface area contributed by atoms with Crippen molar-refractivity contribution in [3.05, 3.63) is 66.5 Å². The minimum absolute atomic E-state index is 0.0736. The van der Waals surface area contributed by atoms with Crippen LogP contribution in [0.1, 0.15) is 23.3 Å². The number of benzene rings is 1. The van der Waals surface area contributed by atoms with Gasteiger partial charge in [0.15, 0.2) is 5.69 Å². The fourth-order valence-corrected chi connectivity index (χ4v) is 3.24. The molecule has 2 aromatic heterocycles. The van der Waals surface area contributed by atoms with Crippen molar-refractivity contribution in [1.82, 2.24) is 24.5 Å². The smallest absolute Gasteiger partial charge is 0.274 e. The number of halogens is 1. The number of rotatable bonds is 4. The molecule has 0 saturated carbocycles. The van der Waals surface area contributed by atoms with E-state index >= 15 is 0 Å². The molecule has 25 heavy (non-hydrogen) atoms. The quantitative estimate of drug-likeness (QED) is 0.734. The summed E-state index contributed by atoms with van der Waals surface area (Å²) in [7, 11) is 0. The van der Waals surface area contributed by atoms with Gasteiger partial charge in [0.25, 0.3) is 5.91 Å². The van der Waals surface area contributed by atoms with Crippen molar-refractivity contribution in [3.63, 3.8) is 0 Å². The average molecular weight is 339 g/mol. The molecule has 1 saturated heterocycles. The monoisotopic (exact) mass is 339 g/mol. The Balaban J connectivity index is 1.51. The third-order valence-corrected chi connectivity index (χ3v) is 4.49. The molecule has 6 nitrogen and oxygen atoms in total. The Morgan fingerprint density at radius 2 is 2.04 bits per heavy atom. The zero-order chi connectivity index (χ0) is 17.2. The summed E-state index contributed by atoms with van der Waals surface area (Å²) in [5, 5.41) is 8.59. The molecule has 7 heteroatoms. The van der Waals surface area contributed by atoms with Crippen LogP contribution in [0.25, 0.3) is 5.69 Å². The van der Waals surface area contributed by atoms with E-state index in [4.69, 9.17) is 0 Å². The molecule has 128 valence electrons. The lowest BCUT2D eigenvalue weighted by atomic mass is 10.2. The predicted octanol–water partition coefficient (Wildman–Crippen LogP) is 2.51. The number of aromatic nitrogens is 4. The van der Waals surface area contributed by atoms with Gasteiger partial charge in [0, 0.05) is 25.1 Å². The lowest BCUT2D eigenvalue weighted by Crippen LogP contribution is -2.38. The molecule has 1 unspecified atom stereocenters. The van der Waals surface area contributed by atoms with Gasteiger partial charge in [0.2, 0.25) is 0 Å². The standard InChI is InChI=1S/C18H18FN5O/c19-14-4-6-15(7-5-14)24-12-8-17(21-24)18(25)23-11-1-3-16(23)13-22-10-2-9-20-22/h2,4-10,12,16H,1,3,11,13H2. The van der Waals surface area contributed by atoms with Crippen molar-refractivity contribution in [2.24, 2.45) is 0 Å². The highest BCUT2D eigenvalue weighted by Crippen LogP contribution is 2.21. The van der Waals surface area contributed by atoms with Crippen LogP contribution in [0.4, 0.5) is 4.39 Å². The molecular weight excluding hydrogens is 321 g/mol. The van der Waals surface area contributed by atoms with Gasteiger partial charge in [-0.15, -0.1) is 0 Å². The van der Waals surface area contributed by atoms with Crippen LogP contribution in [0.5, 0.6) is 0 Å². The van der Waals surface area contributed by atoms with Gasteiger partial charge < -0.3 is 4.90 Å². The largest absolute Gasteiger partial charge is 0.332 e. The number of likely N-dealkylation sites (tertiary alicyclic amines) is 1. The summed E-state index contributed by atoms with van der Waals surface area (Å²) in [6, 6.07) is 9.72. The lowest BCUT2D eigenvalue weighted by molar-refractivity contribution is 0.0715. The van der Waals surface area contributed by atoms with Gasteiger partial charge in [-0.1, -0.05) is 0 Å². The van der Waals surface area contributed by atoms with E-state index in [2.05, 4.69) is 10.2 Å². The fourth-order valence-electron chi connectivity index (χ4n) is 3.24. The van der Waals surface area contributed by atoms with E-state index in [1.165, 1.54) is 12.1 Å². The molecule has 1 aromatic carbocycles. The van der Waals surface area contributed by atoms with Crippen LogP contribution in [0, 0.1) is 5.82 Å². The lowest BCUT2D eigenvalue weighted by Gasteiger charge is -2.23. The Kier molecular flexibility index (Phi) is 4.05. The second kappa shape index (κ2) is 6.51. The van der Waals surface area contributed by atoms with E-state index in [9.17, 15) is 9.18 Å². The number of nitrogens with zero attached hydrogens (tertiary/aromatic N) is 5. The van der Waals surface area contributed by atoms with Crippen molar-refractivity contribution in [2.75, 3.05) is 6.54 Å². The average Bonchev–Trinajstić information content (AvgIpc) is 3.37. The van der Waals surface area contributed by atoms with Crippen LogP contribution in [0.3, 0.4) is 0 Å². The first-order chi connectivity index (χ1) is 12.2. The van der Waals surface area contributed by atoms with Crippen LogP contribution < -0.4 is 0 Å². The Bertz CT molecular complexity index is 856. The highest BCUT2D eigenvalue weighted by atomic mass is 19.1. The molecule has 3 heterocycles. The minimum Gasteiger partial charge on any atom is -0.332 e. The summed E-state index contributed by atoms with van der Waals surface area (Å²) >= 11 is 0. The van der Waals surface area contributed by atoms with Crippen molar-refractivity contribution in [3.8, 4) is 5.69 Å². The summed E-state index contributed by atoms with van der Waals surface area (Å²) in [6.45, 7) is 1.42. The molecule has 0 aliphatic carbocycles. The summed E-state index contributed by atoms with van der Waals surface area (Å²) in [4.78, 5) is 14.7. The Morgan fingerprint density at radius 3 is 2.80 bits per heavy atom. The summed E-state index contributed by atoms with van der Waals surface area (Å²) in [6.07, 6.45) is 7.31. The first kappa shape index (κ1) is 15.6. The molecule has 0 N–H and O–H groups in total. The highest BCUT2D eigenvalue weighted by Gasteiger charge is 2.30. The van der Waals surface area contributed by atoms with E-state index < -0.39 is 0 Å². The molecule has 4 rings (SSSR count). The first-order valence-electron chi connectivity index (χ1n) is 8.31. The van der Waals surface area contributed by atoms with Crippen molar-refractivity contribution >= 4 is 5.91 Å². The SMILES string of the molecule is O=C(c1ccn(-c2ccc(F)cc2)n1)N1CCCC1Cn1cccn1. The summed E-state index contributed by atoms with van der Waals surface area (Å²) in [5.41, 5.74) is 1.12. The number of carbonyl (C=O) groups excluding carboxylic acids is 1. The molecule has 0 radical (unpaired) electrons. The topological polar surface area (TPSA) is 56.0 Å². The second-order valence-electron chi connectivity index (χ2n) is 6.14. The number of amides is 1. The van der Waals surface area contributed by atoms with E-state index in [1.54, 1.807) is 35.3 Å². The van der Waals surface area contributed by atoms with Crippen LogP contribution in [-0.4, -0.2) is 43.0 Å². The normalized spacial score (nSPS) is 17.2. The zero-order valence-corrected chi connectivity index (χ0v) is 13.6. The van der Waals surface area contributed by atoms with E-state index in [0.29, 0.717) is 12.2 Å². The van der Waals surface area contributed by atoms with Crippen LogP contribution >= 0.6 is 0 Å². The molecular formula is C18H18FN5O. The molecule has 0 spiro atoms. The van der Waals surface area contributed by atoms with Gasteiger partial charge in [0.05, 0.1) is 18.3 Å². The van der Waals surface area contributed by atoms with E-state index in [1.807, 2.05) is 21.8 Å². The van der Waals surface area contributed by atoms with E-state index in [-0.39, 0.29) is 17.8 Å². The number of carbonyl (C=O) groups is 1. The summed E-state index contributed by atoms with van der Waals surface area (Å²) < 4.78 is 16.5. The van der Waals surface area contributed by atoms with Gasteiger partial charge in [-0.05, 0) is 49.2 Å².